The van der Waals surface area contributed by atoms with Gasteiger partial charge in [-0.3, -0.25) is 4.79 Å². The molecular formula is C12H16O3. The van der Waals surface area contributed by atoms with Crippen molar-refractivity contribution < 1.29 is 14.6 Å². The van der Waals surface area contributed by atoms with Crippen LogP contribution in [0, 0.1) is 13.8 Å². The molecule has 0 aliphatic carbocycles. The van der Waals surface area contributed by atoms with Gasteiger partial charge in [0.25, 0.3) is 0 Å². The van der Waals surface area contributed by atoms with Crippen LogP contribution in [0.25, 0.3) is 0 Å². The molecule has 82 valence electrons. The number of hydrogen-bond donors (Lipinski definition) is 1. The third-order valence-electron chi connectivity index (χ3n) is 2.46. The highest BCUT2D eigenvalue weighted by atomic mass is 16.5. The summed E-state index contributed by atoms with van der Waals surface area (Å²) in [6, 6.07) is 5.77. The van der Waals surface area contributed by atoms with Crippen LogP contribution in [0.15, 0.2) is 18.2 Å². The Bertz CT molecular complexity index is 338. The van der Waals surface area contributed by atoms with E-state index >= 15 is 0 Å². The predicted molar refractivity (Wildman–Crippen MR) is 57.5 cm³/mol. The quantitative estimate of drug-likeness (QED) is 0.772. The van der Waals surface area contributed by atoms with Crippen LogP contribution in [0.2, 0.25) is 0 Å². The lowest BCUT2D eigenvalue weighted by Gasteiger charge is -2.15. The smallest absolute Gasteiger partial charge is 0.308 e. The number of benzene rings is 1. The van der Waals surface area contributed by atoms with Crippen molar-refractivity contribution in [2.75, 3.05) is 7.11 Å². The average Bonchev–Trinajstić information content (AvgIpc) is 2.17. The second kappa shape index (κ2) is 4.94. The molecule has 0 saturated heterocycles. The van der Waals surface area contributed by atoms with Crippen molar-refractivity contribution in [2.45, 2.75) is 26.4 Å². The minimum absolute atomic E-state index is 0.00218. The lowest BCUT2D eigenvalue weighted by atomic mass is 9.96. The number of hydrogen-bond acceptors (Lipinski definition) is 3. The summed E-state index contributed by atoms with van der Waals surface area (Å²) in [7, 11) is 1.32. The molecular weight excluding hydrogens is 192 g/mol. The van der Waals surface area contributed by atoms with Crippen molar-refractivity contribution in [3.05, 3.63) is 34.9 Å². The molecule has 1 aromatic rings. The van der Waals surface area contributed by atoms with Gasteiger partial charge in [0.1, 0.15) is 0 Å². The van der Waals surface area contributed by atoms with E-state index in [1.807, 2.05) is 32.0 Å². The molecule has 0 spiro atoms. The van der Waals surface area contributed by atoms with Gasteiger partial charge in [0.05, 0.1) is 19.6 Å². The summed E-state index contributed by atoms with van der Waals surface area (Å²) in [4.78, 5) is 11.0. The monoisotopic (exact) mass is 208 g/mol. The van der Waals surface area contributed by atoms with Crippen molar-refractivity contribution in [1.29, 1.82) is 0 Å². The Morgan fingerprint density at radius 2 is 1.93 bits per heavy atom. The van der Waals surface area contributed by atoms with Crippen molar-refractivity contribution in [1.82, 2.24) is 0 Å². The van der Waals surface area contributed by atoms with E-state index in [-0.39, 0.29) is 6.42 Å². The molecule has 1 atom stereocenters. The summed E-state index contributed by atoms with van der Waals surface area (Å²) >= 11 is 0. The van der Waals surface area contributed by atoms with Gasteiger partial charge in [-0.25, -0.2) is 0 Å². The summed E-state index contributed by atoms with van der Waals surface area (Å²) in [6.07, 6.45) is -0.777. The minimum atomic E-state index is -0.779. The second-order valence-electron chi connectivity index (χ2n) is 3.60. The topological polar surface area (TPSA) is 46.5 Å². The van der Waals surface area contributed by atoms with Crippen molar-refractivity contribution >= 4 is 5.97 Å². The summed E-state index contributed by atoms with van der Waals surface area (Å²) in [5.74, 6) is -0.398. The molecule has 15 heavy (non-hydrogen) atoms. The number of rotatable bonds is 3. The number of ether oxygens (including phenoxy) is 1. The molecule has 0 radical (unpaired) electrons. The predicted octanol–water partition coefficient (Wildman–Crippen LogP) is 1.90. The molecule has 3 heteroatoms. The molecule has 1 unspecified atom stereocenters. The molecule has 0 saturated carbocycles. The summed E-state index contributed by atoms with van der Waals surface area (Å²) < 4.78 is 4.52. The Morgan fingerprint density at radius 3 is 2.40 bits per heavy atom. The normalized spacial score (nSPS) is 12.3. The first-order chi connectivity index (χ1) is 7.06. The minimum Gasteiger partial charge on any atom is -0.469 e. The number of aliphatic hydroxyl groups excluding tert-OH is 1. The molecule has 0 bridgehead atoms. The Kier molecular flexibility index (Phi) is 3.86. The van der Waals surface area contributed by atoms with E-state index in [0.717, 1.165) is 16.7 Å². The number of aliphatic hydroxyl groups is 1. The standard InChI is InChI=1S/C12H16O3/c1-8-5-4-6-9(2)12(8)10(13)7-11(14)15-3/h4-6,10,13H,7H2,1-3H3. The zero-order valence-corrected chi connectivity index (χ0v) is 9.28. The fraction of sp³-hybridized carbons (Fsp3) is 0.417. The van der Waals surface area contributed by atoms with Crippen molar-refractivity contribution in [3.8, 4) is 0 Å². The van der Waals surface area contributed by atoms with Crippen LogP contribution in [0.1, 0.15) is 29.2 Å². The van der Waals surface area contributed by atoms with E-state index in [0.29, 0.717) is 0 Å². The number of carbonyl (C=O) groups excluding carboxylic acids is 1. The molecule has 0 aliphatic heterocycles. The van der Waals surface area contributed by atoms with E-state index < -0.39 is 12.1 Å². The number of carbonyl (C=O) groups is 1. The van der Waals surface area contributed by atoms with E-state index in [1.54, 1.807) is 0 Å². The van der Waals surface area contributed by atoms with Gasteiger partial charge in [-0.05, 0) is 30.5 Å². The second-order valence-corrected chi connectivity index (χ2v) is 3.60. The maximum absolute atomic E-state index is 11.0. The first-order valence-corrected chi connectivity index (χ1v) is 4.87. The van der Waals surface area contributed by atoms with Crippen LogP contribution in [0.5, 0.6) is 0 Å². The van der Waals surface area contributed by atoms with E-state index in [4.69, 9.17) is 0 Å². The highest BCUT2D eigenvalue weighted by Gasteiger charge is 2.16. The Labute approximate surface area is 89.7 Å². The van der Waals surface area contributed by atoms with Crippen molar-refractivity contribution in [2.24, 2.45) is 0 Å². The van der Waals surface area contributed by atoms with Gasteiger partial charge in [-0.15, -0.1) is 0 Å². The first kappa shape index (κ1) is 11.7. The first-order valence-electron chi connectivity index (χ1n) is 4.87. The largest absolute Gasteiger partial charge is 0.469 e. The van der Waals surface area contributed by atoms with Gasteiger partial charge >= 0.3 is 5.97 Å². The van der Waals surface area contributed by atoms with Gasteiger partial charge in [-0.2, -0.15) is 0 Å². The Hall–Kier alpha value is -1.35. The van der Waals surface area contributed by atoms with E-state index in [1.165, 1.54) is 7.11 Å². The third-order valence-corrected chi connectivity index (χ3v) is 2.46. The Balaban J connectivity index is 2.90. The van der Waals surface area contributed by atoms with E-state index in [9.17, 15) is 9.90 Å². The molecule has 1 aromatic carbocycles. The maximum atomic E-state index is 11.0. The SMILES string of the molecule is COC(=O)CC(O)c1c(C)cccc1C. The molecule has 1 rings (SSSR count). The lowest BCUT2D eigenvalue weighted by Crippen LogP contribution is -2.10. The van der Waals surface area contributed by atoms with Crippen LogP contribution < -0.4 is 0 Å². The molecule has 0 aliphatic rings. The highest BCUT2D eigenvalue weighted by molar-refractivity contribution is 5.70. The number of aryl methyl sites for hydroxylation is 2. The van der Waals surface area contributed by atoms with Crippen LogP contribution in [-0.4, -0.2) is 18.2 Å². The van der Waals surface area contributed by atoms with Gasteiger partial charge in [0.15, 0.2) is 0 Å². The van der Waals surface area contributed by atoms with Gasteiger partial charge < -0.3 is 9.84 Å². The lowest BCUT2D eigenvalue weighted by molar-refractivity contribution is -0.142. The molecule has 0 amide bonds. The van der Waals surface area contributed by atoms with Crippen LogP contribution in [0.4, 0.5) is 0 Å². The van der Waals surface area contributed by atoms with E-state index in [2.05, 4.69) is 4.74 Å². The highest BCUT2D eigenvalue weighted by Crippen LogP contribution is 2.24. The molecule has 0 aromatic heterocycles. The van der Waals surface area contributed by atoms with Gasteiger partial charge in [0.2, 0.25) is 0 Å². The molecule has 1 N–H and O–H groups in total. The van der Waals surface area contributed by atoms with Gasteiger partial charge in [0, 0.05) is 0 Å². The number of esters is 1. The zero-order valence-electron chi connectivity index (χ0n) is 9.28. The summed E-state index contributed by atoms with van der Waals surface area (Å²) in [5, 5.41) is 9.88. The van der Waals surface area contributed by atoms with Crippen LogP contribution >= 0.6 is 0 Å². The summed E-state index contributed by atoms with van der Waals surface area (Å²) in [5.41, 5.74) is 2.81. The summed E-state index contributed by atoms with van der Waals surface area (Å²) in [6.45, 7) is 3.84. The van der Waals surface area contributed by atoms with Crippen LogP contribution in [0.3, 0.4) is 0 Å². The molecule has 0 fully saturated rings. The fourth-order valence-electron chi connectivity index (χ4n) is 1.70. The fourth-order valence-corrected chi connectivity index (χ4v) is 1.70. The maximum Gasteiger partial charge on any atom is 0.308 e. The average molecular weight is 208 g/mol. The van der Waals surface area contributed by atoms with Crippen molar-refractivity contribution in [3.63, 3.8) is 0 Å². The van der Waals surface area contributed by atoms with Crippen LogP contribution in [-0.2, 0) is 9.53 Å². The third kappa shape index (κ3) is 2.80. The molecule has 0 heterocycles. The molecule has 3 nitrogen and oxygen atoms in total. The zero-order chi connectivity index (χ0) is 11.4. The Morgan fingerprint density at radius 1 is 1.40 bits per heavy atom. The number of methoxy groups -OCH3 is 1. The van der Waals surface area contributed by atoms with Gasteiger partial charge in [-0.1, -0.05) is 18.2 Å².